The number of ketones is 1. The second-order valence-electron chi connectivity index (χ2n) is 5.36. The lowest BCUT2D eigenvalue weighted by molar-refractivity contribution is -0.0268. The Hall–Kier alpha value is -1.35. The SMILES string of the molecule is CC(=O)c1cc(C)ccc1OCC(C)(O)C(C)C. The van der Waals surface area contributed by atoms with Crippen LogP contribution in [0.5, 0.6) is 5.75 Å². The fourth-order valence-electron chi connectivity index (χ4n) is 1.44. The predicted octanol–water partition coefficient (Wildman–Crippen LogP) is 2.98. The number of rotatable bonds is 5. The van der Waals surface area contributed by atoms with Gasteiger partial charge in [-0.3, -0.25) is 4.79 Å². The Morgan fingerprint density at radius 2 is 2.06 bits per heavy atom. The van der Waals surface area contributed by atoms with E-state index in [9.17, 15) is 9.90 Å². The summed E-state index contributed by atoms with van der Waals surface area (Å²) >= 11 is 0. The predicted molar refractivity (Wildman–Crippen MR) is 72.1 cm³/mol. The van der Waals surface area contributed by atoms with E-state index >= 15 is 0 Å². The van der Waals surface area contributed by atoms with E-state index in [2.05, 4.69) is 0 Å². The zero-order chi connectivity index (χ0) is 13.9. The molecule has 18 heavy (non-hydrogen) atoms. The second kappa shape index (κ2) is 5.53. The Bertz CT molecular complexity index is 433. The highest BCUT2D eigenvalue weighted by molar-refractivity contribution is 5.97. The highest BCUT2D eigenvalue weighted by Gasteiger charge is 2.26. The molecule has 1 atom stereocenters. The van der Waals surface area contributed by atoms with Crippen LogP contribution in [0.15, 0.2) is 18.2 Å². The third-order valence-electron chi connectivity index (χ3n) is 3.28. The Morgan fingerprint density at radius 3 is 2.56 bits per heavy atom. The van der Waals surface area contributed by atoms with E-state index in [4.69, 9.17) is 4.74 Å². The number of aliphatic hydroxyl groups is 1. The summed E-state index contributed by atoms with van der Waals surface area (Å²) in [7, 11) is 0. The first-order valence-corrected chi connectivity index (χ1v) is 6.21. The standard InChI is InChI=1S/C15H22O3/c1-10(2)15(5,17)9-18-14-7-6-11(3)8-13(14)12(4)16/h6-8,10,17H,9H2,1-5H3. The first-order valence-electron chi connectivity index (χ1n) is 6.21. The van der Waals surface area contributed by atoms with E-state index in [1.165, 1.54) is 6.92 Å². The molecule has 1 unspecified atom stereocenters. The van der Waals surface area contributed by atoms with Crippen molar-refractivity contribution in [2.75, 3.05) is 6.61 Å². The van der Waals surface area contributed by atoms with Crippen molar-refractivity contribution in [1.29, 1.82) is 0 Å². The maximum atomic E-state index is 11.5. The quantitative estimate of drug-likeness (QED) is 0.817. The maximum absolute atomic E-state index is 11.5. The Kier molecular flexibility index (Phi) is 4.52. The first kappa shape index (κ1) is 14.7. The molecule has 1 aromatic rings. The third kappa shape index (κ3) is 3.57. The van der Waals surface area contributed by atoms with Crippen LogP contribution in [0.2, 0.25) is 0 Å². The van der Waals surface area contributed by atoms with Crippen LogP contribution < -0.4 is 4.74 Å². The van der Waals surface area contributed by atoms with Crippen molar-refractivity contribution in [3.8, 4) is 5.75 Å². The van der Waals surface area contributed by atoms with Crippen molar-refractivity contribution in [3.63, 3.8) is 0 Å². The van der Waals surface area contributed by atoms with Crippen LogP contribution in [0.1, 0.15) is 43.6 Å². The van der Waals surface area contributed by atoms with Crippen LogP contribution in [0.3, 0.4) is 0 Å². The minimum Gasteiger partial charge on any atom is -0.490 e. The lowest BCUT2D eigenvalue weighted by Crippen LogP contribution is -2.38. The van der Waals surface area contributed by atoms with E-state index in [1.54, 1.807) is 13.0 Å². The number of ether oxygens (including phenoxy) is 1. The average Bonchev–Trinajstić information content (AvgIpc) is 2.27. The Labute approximate surface area is 109 Å². The lowest BCUT2D eigenvalue weighted by atomic mass is 9.94. The van der Waals surface area contributed by atoms with Gasteiger partial charge in [0.2, 0.25) is 0 Å². The highest BCUT2D eigenvalue weighted by Crippen LogP contribution is 2.23. The van der Waals surface area contributed by atoms with Crippen LogP contribution in [-0.2, 0) is 0 Å². The van der Waals surface area contributed by atoms with Crippen molar-refractivity contribution < 1.29 is 14.6 Å². The molecule has 0 aliphatic carbocycles. The molecule has 1 aromatic carbocycles. The first-order chi connectivity index (χ1) is 8.24. The van der Waals surface area contributed by atoms with E-state index in [0.29, 0.717) is 11.3 Å². The molecule has 0 amide bonds. The van der Waals surface area contributed by atoms with Crippen LogP contribution in [0.25, 0.3) is 0 Å². The van der Waals surface area contributed by atoms with Crippen LogP contribution in [0.4, 0.5) is 0 Å². The summed E-state index contributed by atoms with van der Waals surface area (Å²) in [6.07, 6.45) is 0. The van der Waals surface area contributed by atoms with E-state index in [-0.39, 0.29) is 18.3 Å². The van der Waals surface area contributed by atoms with Crippen LogP contribution in [0, 0.1) is 12.8 Å². The van der Waals surface area contributed by atoms with Crippen molar-refractivity contribution in [2.24, 2.45) is 5.92 Å². The van der Waals surface area contributed by atoms with Gasteiger partial charge in [-0.15, -0.1) is 0 Å². The van der Waals surface area contributed by atoms with E-state index < -0.39 is 5.60 Å². The largest absolute Gasteiger partial charge is 0.490 e. The molecule has 3 nitrogen and oxygen atoms in total. The minimum absolute atomic E-state index is 0.0297. The molecule has 0 aliphatic rings. The molecule has 0 saturated heterocycles. The maximum Gasteiger partial charge on any atom is 0.163 e. The molecule has 0 radical (unpaired) electrons. The van der Waals surface area contributed by atoms with Crippen LogP contribution >= 0.6 is 0 Å². The van der Waals surface area contributed by atoms with Gasteiger partial charge in [0, 0.05) is 0 Å². The van der Waals surface area contributed by atoms with Crippen molar-refractivity contribution in [3.05, 3.63) is 29.3 Å². The molecule has 0 bridgehead atoms. The van der Waals surface area contributed by atoms with Gasteiger partial charge in [0.25, 0.3) is 0 Å². The summed E-state index contributed by atoms with van der Waals surface area (Å²) in [5, 5.41) is 10.1. The van der Waals surface area contributed by atoms with Gasteiger partial charge in [-0.25, -0.2) is 0 Å². The number of aryl methyl sites for hydroxylation is 1. The third-order valence-corrected chi connectivity index (χ3v) is 3.28. The summed E-state index contributed by atoms with van der Waals surface area (Å²) in [5.41, 5.74) is 0.677. The van der Waals surface area contributed by atoms with E-state index in [0.717, 1.165) is 5.56 Å². The topological polar surface area (TPSA) is 46.5 Å². The number of hydrogen-bond acceptors (Lipinski definition) is 3. The second-order valence-corrected chi connectivity index (χ2v) is 5.36. The fraction of sp³-hybridized carbons (Fsp3) is 0.533. The van der Waals surface area contributed by atoms with Gasteiger partial charge >= 0.3 is 0 Å². The number of carbonyl (C=O) groups excluding carboxylic acids is 1. The summed E-state index contributed by atoms with van der Waals surface area (Å²) < 4.78 is 5.61. The Balaban J connectivity index is 2.89. The normalized spacial score (nSPS) is 14.4. The minimum atomic E-state index is -0.904. The van der Waals surface area contributed by atoms with Gasteiger partial charge in [0.05, 0.1) is 11.2 Å². The Morgan fingerprint density at radius 1 is 1.44 bits per heavy atom. The molecule has 1 N–H and O–H groups in total. The molecular weight excluding hydrogens is 228 g/mol. The van der Waals surface area contributed by atoms with Gasteiger partial charge in [0.1, 0.15) is 12.4 Å². The summed E-state index contributed by atoms with van der Waals surface area (Å²) in [5.74, 6) is 0.593. The zero-order valence-electron chi connectivity index (χ0n) is 11.8. The molecule has 0 spiro atoms. The van der Waals surface area contributed by atoms with Crippen LogP contribution in [-0.4, -0.2) is 23.1 Å². The molecule has 0 aromatic heterocycles. The molecule has 3 heteroatoms. The average molecular weight is 250 g/mol. The number of benzene rings is 1. The summed E-state index contributed by atoms with van der Waals surface area (Å²) in [6, 6.07) is 5.48. The van der Waals surface area contributed by atoms with Crippen molar-refractivity contribution >= 4 is 5.78 Å². The smallest absolute Gasteiger partial charge is 0.163 e. The molecular formula is C15H22O3. The molecule has 0 heterocycles. The molecule has 0 saturated carbocycles. The van der Waals surface area contributed by atoms with Gasteiger partial charge in [-0.1, -0.05) is 25.5 Å². The fourth-order valence-corrected chi connectivity index (χ4v) is 1.44. The summed E-state index contributed by atoms with van der Waals surface area (Å²) in [6.45, 7) is 9.23. The molecule has 100 valence electrons. The van der Waals surface area contributed by atoms with Gasteiger partial charge in [-0.2, -0.15) is 0 Å². The molecule has 1 rings (SSSR count). The zero-order valence-corrected chi connectivity index (χ0v) is 11.8. The van der Waals surface area contributed by atoms with E-state index in [1.807, 2.05) is 32.9 Å². The van der Waals surface area contributed by atoms with Crippen molar-refractivity contribution in [1.82, 2.24) is 0 Å². The van der Waals surface area contributed by atoms with Crippen molar-refractivity contribution in [2.45, 2.75) is 40.2 Å². The van der Waals surface area contributed by atoms with Gasteiger partial charge < -0.3 is 9.84 Å². The number of carbonyl (C=O) groups is 1. The highest BCUT2D eigenvalue weighted by atomic mass is 16.5. The monoisotopic (exact) mass is 250 g/mol. The summed E-state index contributed by atoms with van der Waals surface area (Å²) in [4.78, 5) is 11.5. The number of Topliss-reactive ketones (excluding diaryl/α,β-unsaturated/α-hetero) is 1. The molecule has 0 aliphatic heterocycles. The van der Waals surface area contributed by atoms with Gasteiger partial charge in [-0.05, 0) is 38.8 Å². The lowest BCUT2D eigenvalue weighted by Gasteiger charge is -2.27. The number of hydrogen-bond donors (Lipinski definition) is 1. The molecule has 0 fully saturated rings. The van der Waals surface area contributed by atoms with Gasteiger partial charge in [0.15, 0.2) is 5.78 Å².